The van der Waals surface area contributed by atoms with Crippen LogP contribution in [0, 0.1) is 0 Å². The molecule has 0 bridgehead atoms. The lowest BCUT2D eigenvalue weighted by atomic mass is 9.94. The van der Waals surface area contributed by atoms with Gasteiger partial charge in [0.05, 0.1) is 0 Å². The van der Waals surface area contributed by atoms with Gasteiger partial charge in [-0.15, -0.1) is 0 Å². The molecule has 3 N–H and O–H groups in total. The van der Waals surface area contributed by atoms with Crippen molar-refractivity contribution >= 4 is 0 Å². The summed E-state index contributed by atoms with van der Waals surface area (Å²) in [6.45, 7) is 4.07. The number of hydrogen-bond donors (Lipinski definition) is 2. The van der Waals surface area contributed by atoms with E-state index >= 15 is 0 Å². The molecule has 20 heavy (non-hydrogen) atoms. The van der Waals surface area contributed by atoms with Crippen LogP contribution in [0.3, 0.4) is 0 Å². The minimum Gasteiger partial charge on any atom is -0.329 e. The Hall–Kier alpha value is -1.12. The van der Waals surface area contributed by atoms with Crippen LogP contribution in [0.4, 0.5) is 0 Å². The van der Waals surface area contributed by atoms with E-state index in [2.05, 4.69) is 48.6 Å². The Kier molecular flexibility index (Phi) is 6.28. The van der Waals surface area contributed by atoms with E-state index in [4.69, 9.17) is 5.73 Å². The number of allylic oxidation sites excluding steroid dienone is 1. The number of rotatable bonds is 8. The van der Waals surface area contributed by atoms with Gasteiger partial charge in [-0.25, -0.2) is 0 Å². The standard InChI is InChI=1S/C18H28N2/c1-15(17-9-3-2-4-10-17)13-18(14-19)20-12-11-16-7-5-6-8-16/h2-4,7,9-10,15,18,20H,5-6,8,11-14,19H2,1H3. The van der Waals surface area contributed by atoms with Crippen LogP contribution in [-0.4, -0.2) is 19.1 Å². The normalized spacial score (nSPS) is 17.8. The van der Waals surface area contributed by atoms with Crippen LogP contribution < -0.4 is 11.1 Å². The number of nitrogens with two attached hydrogens (primary N) is 1. The molecule has 2 nitrogen and oxygen atoms in total. The molecule has 2 unspecified atom stereocenters. The van der Waals surface area contributed by atoms with E-state index in [1.54, 1.807) is 5.57 Å². The van der Waals surface area contributed by atoms with Crippen molar-refractivity contribution in [1.82, 2.24) is 5.32 Å². The Morgan fingerprint density at radius 2 is 2.05 bits per heavy atom. The predicted octanol–water partition coefficient (Wildman–Crippen LogP) is 3.60. The van der Waals surface area contributed by atoms with Gasteiger partial charge in [-0.3, -0.25) is 0 Å². The molecule has 1 aromatic carbocycles. The first-order valence-electron chi connectivity index (χ1n) is 7.96. The van der Waals surface area contributed by atoms with Gasteiger partial charge in [-0.05, 0) is 50.1 Å². The molecule has 1 aromatic rings. The number of hydrogen-bond acceptors (Lipinski definition) is 2. The van der Waals surface area contributed by atoms with E-state index < -0.39 is 0 Å². The Morgan fingerprint density at radius 3 is 2.70 bits per heavy atom. The molecule has 0 spiro atoms. The molecule has 0 fully saturated rings. The molecule has 2 heteroatoms. The second-order valence-electron chi connectivity index (χ2n) is 5.94. The highest BCUT2D eigenvalue weighted by atomic mass is 14.9. The number of benzene rings is 1. The van der Waals surface area contributed by atoms with E-state index in [1.165, 1.54) is 31.2 Å². The molecule has 0 saturated heterocycles. The Balaban J connectivity index is 1.74. The topological polar surface area (TPSA) is 38.0 Å². The van der Waals surface area contributed by atoms with E-state index in [0.717, 1.165) is 19.5 Å². The van der Waals surface area contributed by atoms with Gasteiger partial charge in [-0.2, -0.15) is 0 Å². The monoisotopic (exact) mass is 272 g/mol. The predicted molar refractivity (Wildman–Crippen MR) is 86.9 cm³/mol. The van der Waals surface area contributed by atoms with Gasteiger partial charge < -0.3 is 11.1 Å². The van der Waals surface area contributed by atoms with E-state index in [-0.39, 0.29) is 0 Å². The highest BCUT2D eigenvalue weighted by Gasteiger charge is 2.13. The van der Waals surface area contributed by atoms with Gasteiger partial charge in [0.25, 0.3) is 0 Å². The molecule has 0 amide bonds. The summed E-state index contributed by atoms with van der Waals surface area (Å²) in [4.78, 5) is 0. The zero-order chi connectivity index (χ0) is 14.2. The molecular formula is C18H28N2. The van der Waals surface area contributed by atoms with Crippen LogP contribution in [0.25, 0.3) is 0 Å². The fourth-order valence-electron chi connectivity index (χ4n) is 3.01. The molecule has 2 rings (SSSR count). The second-order valence-corrected chi connectivity index (χ2v) is 5.94. The second kappa shape index (κ2) is 8.23. The van der Waals surface area contributed by atoms with Gasteiger partial charge >= 0.3 is 0 Å². The molecule has 2 atom stereocenters. The Labute approximate surface area is 123 Å². The fraction of sp³-hybridized carbons (Fsp3) is 0.556. The lowest BCUT2D eigenvalue weighted by Crippen LogP contribution is -2.37. The quantitative estimate of drug-likeness (QED) is 0.710. The van der Waals surface area contributed by atoms with Gasteiger partial charge in [0, 0.05) is 12.6 Å². The summed E-state index contributed by atoms with van der Waals surface area (Å²) in [5.41, 5.74) is 8.95. The molecule has 0 heterocycles. The van der Waals surface area contributed by atoms with Crippen molar-refractivity contribution in [1.29, 1.82) is 0 Å². The van der Waals surface area contributed by atoms with E-state index in [1.807, 2.05) is 0 Å². The van der Waals surface area contributed by atoms with Gasteiger partial charge in [0.2, 0.25) is 0 Å². The molecule has 1 aliphatic carbocycles. The van der Waals surface area contributed by atoms with Crippen molar-refractivity contribution in [2.45, 2.75) is 51.0 Å². The van der Waals surface area contributed by atoms with Crippen molar-refractivity contribution in [2.24, 2.45) is 5.73 Å². The summed E-state index contributed by atoms with van der Waals surface area (Å²) in [7, 11) is 0. The maximum atomic E-state index is 5.92. The largest absolute Gasteiger partial charge is 0.329 e. The van der Waals surface area contributed by atoms with Crippen LogP contribution >= 0.6 is 0 Å². The summed E-state index contributed by atoms with van der Waals surface area (Å²) >= 11 is 0. The maximum Gasteiger partial charge on any atom is 0.0196 e. The molecule has 1 aliphatic rings. The van der Waals surface area contributed by atoms with Crippen LogP contribution in [0.5, 0.6) is 0 Å². The van der Waals surface area contributed by atoms with Gasteiger partial charge in [0.15, 0.2) is 0 Å². The lowest BCUT2D eigenvalue weighted by Gasteiger charge is -2.21. The third-order valence-electron chi connectivity index (χ3n) is 4.31. The third-order valence-corrected chi connectivity index (χ3v) is 4.31. The third kappa shape index (κ3) is 4.77. The maximum absolute atomic E-state index is 5.92. The van der Waals surface area contributed by atoms with Crippen molar-refractivity contribution < 1.29 is 0 Å². The molecule has 0 aromatic heterocycles. The van der Waals surface area contributed by atoms with Gasteiger partial charge in [0.1, 0.15) is 0 Å². The Morgan fingerprint density at radius 1 is 1.25 bits per heavy atom. The summed E-state index contributed by atoms with van der Waals surface area (Å²) in [5.74, 6) is 0.558. The zero-order valence-corrected chi connectivity index (χ0v) is 12.6. The van der Waals surface area contributed by atoms with Crippen LogP contribution in [0.15, 0.2) is 42.0 Å². The highest BCUT2D eigenvalue weighted by Crippen LogP contribution is 2.21. The van der Waals surface area contributed by atoms with E-state index in [0.29, 0.717) is 12.0 Å². The summed E-state index contributed by atoms with van der Waals surface area (Å²) in [6.07, 6.45) is 8.64. The smallest absolute Gasteiger partial charge is 0.0196 e. The Bertz CT molecular complexity index is 411. The van der Waals surface area contributed by atoms with Crippen molar-refractivity contribution in [3.63, 3.8) is 0 Å². The molecule has 0 aliphatic heterocycles. The SMILES string of the molecule is CC(CC(CN)NCCC1=CCCC1)c1ccccc1. The van der Waals surface area contributed by atoms with Crippen molar-refractivity contribution in [3.8, 4) is 0 Å². The summed E-state index contributed by atoms with van der Waals surface area (Å²) < 4.78 is 0. The average molecular weight is 272 g/mol. The molecule has 110 valence electrons. The van der Waals surface area contributed by atoms with Crippen LogP contribution in [0.1, 0.15) is 50.5 Å². The van der Waals surface area contributed by atoms with E-state index in [9.17, 15) is 0 Å². The highest BCUT2D eigenvalue weighted by molar-refractivity contribution is 5.19. The molecule has 0 radical (unpaired) electrons. The average Bonchev–Trinajstić information content (AvgIpc) is 3.00. The zero-order valence-electron chi connectivity index (χ0n) is 12.6. The lowest BCUT2D eigenvalue weighted by molar-refractivity contribution is 0.458. The van der Waals surface area contributed by atoms with Crippen molar-refractivity contribution in [2.75, 3.05) is 13.1 Å². The minimum atomic E-state index is 0.423. The first-order chi connectivity index (χ1) is 9.79. The summed E-state index contributed by atoms with van der Waals surface area (Å²) in [6, 6.07) is 11.1. The summed E-state index contributed by atoms with van der Waals surface area (Å²) in [5, 5.41) is 3.63. The minimum absolute atomic E-state index is 0.423. The molecular weight excluding hydrogens is 244 g/mol. The molecule has 0 saturated carbocycles. The van der Waals surface area contributed by atoms with Crippen molar-refractivity contribution in [3.05, 3.63) is 47.5 Å². The first-order valence-corrected chi connectivity index (χ1v) is 7.96. The number of nitrogens with one attached hydrogen (secondary N) is 1. The fourth-order valence-corrected chi connectivity index (χ4v) is 3.01. The van der Waals surface area contributed by atoms with Gasteiger partial charge in [-0.1, -0.05) is 48.9 Å². The first kappa shape index (κ1) is 15.3. The van der Waals surface area contributed by atoms with Crippen LogP contribution in [-0.2, 0) is 0 Å². The van der Waals surface area contributed by atoms with Crippen LogP contribution in [0.2, 0.25) is 0 Å².